The second kappa shape index (κ2) is 9.29. The van der Waals surface area contributed by atoms with Gasteiger partial charge < -0.3 is 14.8 Å². The van der Waals surface area contributed by atoms with Gasteiger partial charge in [-0.25, -0.2) is 14.6 Å². The molecule has 1 N–H and O–H groups in total. The molecule has 0 aliphatic carbocycles. The molecule has 0 amide bonds. The fraction of sp³-hybridized carbons (Fsp3) is 0.600. The number of carbonyl (C=O) groups excluding carboxylic acids is 2. The first-order valence-corrected chi connectivity index (χ1v) is 7.89. The second-order valence-electron chi connectivity index (χ2n) is 5.20. The molecule has 0 aliphatic heterocycles. The van der Waals surface area contributed by atoms with Gasteiger partial charge in [0.2, 0.25) is 5.28 Å². The Morgan fingerprint density at radius 2 is 1.91 bits per heavy atom. The van der Waals surface area contributed by atoms with Crippen molar-refractivity contribution in [2.24, 2.45) is 5.92 Å². The summed E-state index contributed by atoms with van der Waals surface area (Å²) in [4.78, 5) is 31.9. The smallest absolute Gasteiger partial charge is 0.343 e. The highest BCUT2D eigenvalue weighted by atomic mass is 35.5. The van der Waals surface area contributed by atoms with Crippen LogP contribution in [0.4, 0.5) is 5.82 Å². The molecule has 1 atom stereocenters. The maximum atomic E-state index is 12.1. The summed E-state index contributed by atoms with van der Waals surface area (Å²) in [7, 11) is 0. The molecule has 23 heavy (non-hydrogen) atoms. The average Bonchev–Trinajstić information content (AvgIpc) is 2.46. The van der Waals surface area contributed by atoms with E-state index in [4.69, 9.17) is 21.1 Å². The maximum Gasteiger partial charge on any atom is 0.343 e. The second-order valence-corrected chi connectivity index (χ2v) is 5.54. The number of anilines is 1. The van der Waals surface area contributed by atoms with Gasteiger partial charge in [-0.3, -0.25) is 0 Å². The van der Waals surface area contributed by atoms with Crippen molar-refractivity contribution in [2.45, 2.75) is 40.2 Å². The molecular formula is C15H22ClN3O4. The number of esters is 2. The first-order valence-electron chi connectivity index (χ1n) is 7.51. The Hall–Kier alpha value is -1.89. The lowest BCUT2D eigenvalue weighted by Crippen LogP contribution is -2.34. The van der Waals surface area contributed by atoms with Crippen LogP contribution in [0.5, 0.6) is 0 Å². The van der Waals surface area contributed by atoms with Crippen molar-refractivity contribution in [1.29, 1.82) is 0 Å². The topological polar surface area (TPSA) is 90.4 Å². The fourth-order valence-electron chi connectivity index (χ4n) is 1.92. The summed E-state index contributed by atoms with van der Waals surface area (Å²) in [6.45, 7) is 7.87. The van der Waals surface area contributed by atoms with E-state index in [1.807, 2.05) is 13.8 Å². The minimum Gasteiger partial charge on any atom is -0.464 e. The molecule has 7 nitrogen and oxygen atoms in total. The number of carbonyl (C=O) groups is 2. The number of hydrogen-bond donors (Lipinski definition) is 1. The van der Waals surface area contributed by atoms with Crippen molar-refractivity contribution >= 4 is 29.4 Å². The van der Waals surface area contributed by atoms with E-state index in [1.54, 1.807) is 13.8 Å². The van der Waals surface area contributed by atoms with Crippen LogP contribution in [0.15, 0.2) is 6.20 Å². The normalized spacial score (nSPS) is 11.9. The zero-order valence-electron chi connectivity index (χ0n) is 13.8. The van der Waals surface area contributed by atoms with Gasteiger partial charge in [0.15, 0.2) is 0 Å². The van der Waals surface area contributed by atoms with E-state index in [9.17, 15) is 9.59 Å². The highest BCUT2D eigenvalue weighted by molar-refractivity contribution is 6.28. The third-order valence-electron chi connectivity index (χ3n) is 2.84. The van der Waals surface area contributed by atoms with Crippen LogP contribution >= 0.6 is 11.6 Å². The van der Waals surface area contributed by atoms with E-state index < -0.39 is 18.0 Å². The Bertz CT molecular complexity index is 552. The van der Waals surface area contributed by atoms with Crippen LogP contribution in [-0.2, 0) is 14.3 Å². The molecule has 0 aromatic carbocycles. The van der Waals surface area contributed by atoms with Gasteiger partial charge >= 0.3 is 11.9 Å². The Balaban J connectivity index is 3.08. The number of hydrogen-bond acceptors (Lipinski definition) is 7. The van der Waals surface area contributed by atoms with Gasteiger partial charge in [0.25, 0.3) is 0 Å². The van der Waals surface area contributed by atoms with Gasteiger partial charge in [-0.15, -0.1) is 0 Å². The van der Waals surface area contributed by atoms with Crippen molar-refractivity contribution in [3.8, 4) is 0 Å². The van der Waals surface area contributed by atoms with Crippen LogP contribution in [0.3, 0.4) is 0 Å². The molecule has 0 aliphatic rings. The molecule has 1 heterocycles. The summed E-state index contributed by atoms with van der Waals surface area (Å²) in [6, 6.07) is -0.644. The van der Waals surface area contributed by atoms with Crippen molar-refractivity contribution in [1.82, 2.24) is 9.97 Å². The standard InChI is InChI=1S/C15H22ClN3O4/c1-5-22-13(20)10-8-17-15(16)19-12(10)18-11(7-9(3)4)14(21)23-6-2/h8-9,11H,5-7H2,1-4H3,(H,17,18,19). The van der Waals surface area contributed by atoms with E-state index in [1.165, 1.54) is 6.20 Å². The lowest BCUT2D eigenvalue weighted by atomic mass is 10.0. The van der Waals surface area contributed by atoms with E-state index >= 15 is 0 Å². The monoisotopic (exact) mass is 343 g/mol. The van der Waals surface area contributed by atoms with Crippen molar-refractivity contribution in [2.75, 3.05) is 18.5 Å². The highest BCUT2D eigenvalue weighted by Gasteiger charge is 2.25. The summed E-state index contributed by atoms with van der Waals surface area (Å²) >= 11 is 5.80. The van der Waals surface area contributed by atoms with Crippen LogP contribution in [0.1, 0.15) is 44.5 Å². The third kappa shape index (κ3) is 6.02. The number of halogens is 1. The van der Waals surface area contributed by atoms with E-state index in [0.29, 0.717) is 6.42 Å². The largest absolute Gasteiger partial charge is 0.464 e. The van der Waals surface area contributed by atoms with Crippen LogP contribution in [0.2, 0.25) is 5.28 Å². The molecule has 0 radical (unpaired) electrons. The van der Waals surface area contributed by atoms with Crippen LogP contribution < -0.4 is 5.32 Å². The predicted octanol–water partition coefficient (Wildman–Crippen LogP) is 2.70. The van der Waals surface area contributed by atoms with Crippen LogP contribution in [-0.4, -0.2) is 41.2 Å². The third-order valence-corrected chi connectivity index (χ3v) is 3.03. The van der Waals surface area contributed by atoms with Crippen molar-refractivity contribution in [3.63, 3.8) is 0 Å². The predicted molar refractivity (Wildman–Crippen MR) is 86.5 cm³/mol. The average molecular weight is 344 g/mol. The van der Waals surface area contributed by atoms with E-state index in [0.717, 1.165) is 0 Å². The van der Waals surface area contributed by atoms with Crippen LogP contribution in [0, 0.1) is 5.92 Å². The molecule has 1 aromatic heterocycles. The SMILES string of the molecule is CCOC(=O)c1cnc(Cl)nc1NC(CC(C)C)C(=O)OCC. The molecule has 1 unspecified atom stereocenters. The number of nitrogens with one attached hydrogen (secondary N) is 1. The van der Waals surface area contributed by atoms with E-state index in [2.05, 4.69) is 15.3 Å². The quantitative estimate of drug-likeness (QED) is 0.573. The summed E-state index contributed by atoms with van der Waals surface area (Å²) in [6.07, 6.45) is 1.79. The van der Waals surface area contributed by atoms with Gasteiger partial charge in [-0.2, -0.15) is 4.98 Å². The number of ether oxygens (including phenoxy) is 2. The van der Waals surface area contributed by atoms with Gasteiger partial charge in [0.05, 0.1) is 13.2 Å². The van der Waals surface area contributed by atoms with Crippen LogP contribution in [0.25, 0.3) is 0 Å². The Labute approximate surface area is 140 Å². The molecule has 0 saturated carbocycles. The summed E-state index contributed by atoms with van der Waals surface area (Å²) in [5.41, 5.74) is 0.120. The Morgan fingerprint density at radius 1 is 1.26 bits per heavy atom. The molecule has 128 valence electrons. The molecule has 1 aromatic rings. The van der Waals surface area contributed by atoms with Gasteiger partial charge in [-0.05, 0) is 37.8 Å². The summed E-state index contributed by atoms with van der Waals surface area (Å²) in [5, 5.41) is 2.90. The minimum absolute atomic E-state index is 0.0345. The molecule has 0 fully saturated rings. The molecule has 8 heteroatoms. The molecule has 0 saturated heterocycles. The zero-order chi connectivity index (χ0) is 17.4. The van der Waals surface area contributed by atoms with Crippen molar-refractivity contribution in [3.05, 3.63) is 17.0 Å². The Kier molecular flexibility index (Phi) is 7.74. The molecular weight excluding hydrogens is 322 g/mol. The van der Waals surface area contributed by atoms with Crippen molar-refractivity contribution < 1.29 is 19.1 Å². The molecule has 0 bridgehead atoms. The van der Waals surface area contributed by atoms with Gasteiger partial charge in [-0.1, -0.05) is 13.8 Å². The summed E-state index contributed by atoms with van der Waals surface area (Å²) < 4.78 is 10.0. The van der Waals surface area contributed by atoms with Gasteiger partial charge in [0.1, 0.15) is 17.4 Å². The fourth-order valence-corrected chi connectivity index (χ4v) is 2.06. The number of nitrogens with zero attached hydrogens (tertiary/aromatic N) is 2. The van der Waals surface area contributed by atoms with Gasteiger partial charge in [0, 0.05) is 6.20 Å². The highest BCUT2D eigenvalue weighted by Crippen LogP contribution is 2.19. The molecule has 1 rings (SSSR count). The lowest BCUT2D eigenvalue weighted by molar-refractivity contribution is -0.144. The first-order chi connectivity index (χ1) is 10.9. The first kappa shape index (κ1) is 19.2. The number of aromatic nitrogens is 2. The zero-order valence-corrected chi connectivity index (χ0v) is 14.5. The lowest BCUT2D eigenvalue weighted by Gasteiger charge is -2.20. The Morgan fingerprint density at radius 3 is 2.48 bits per heavy atom. The minimum atomic E-state index is -0.644. The summed E-state index contributed by atoms with van der Waals surface area (Å²) in [5.74, 6) is -0.605. The maximum absolute atomic E-state index is 12.1. The van der Waals surface area contributed by atoms with E-state index in [-0.39, 0.29) is 35.8 Å². The molecule has 0 spiro atoms. The number of rotatable bonds is 8.